The molecular formula is C39H46N4O6. The lowest BCUT2D eigenvalue weighted by atomic mass is 9.90. The van der Waals surface area contributed by atoms with Crippen molar-refractivity contribution < 1.29 is 28.8 Å². The highest BCUT2D eigenvalue weighted by Crippen LogP contribution is 2.22. The van der Waals surface area contributed by atoms with Gasteiger partial charge in [-0.3, -0.25) is 28.8 Å². The Balaban J connectivity index is 1.56. The van der Waals surface area contributed by atoms with E-state index < -0.39 is 53.5 Å². The minimum atomic E-state index is -1.27. The number of amides is 4. The van der Waals surface area contributed by atoms with E-state index in [4.69, 9.17) is 5.73 Å². The van der Waals surface area contributed by atoms with Crippen molar-refractivity contribution in [1.29, 1.82) is 0 Å². The maximum absolute atomic E-state index is 14.0. The molecule has 258 valence electrons. The number of primary amides is 1. The van der Waals surface area contributed by atoms with Crippen molar-refractivity contribution >= 4 is 35.2 Å². The molecule has 49 heavy (non-hydrogen) atoms. The summed E-state index contributed by atoms with van der Waals surface area (Å²) in [7, 11) is 0. The third-order valence-electron chi connectivity index (χ3n) is 9.18. The number of carbonyl (C=O) groups is 6. The Kier molecular flexibility index (Phi) is 13.4. The second-order valence-corrected chi connectivity index (χ2v) is 12.8. The zero-order valence-electron chi connectivity index (χ0n) is 28.2. The Hall–Kier alpha value is -5.12. The van der Waals surface area contributed by atoms with Crippen LogP contribution in [0.1, 0.15) is 56.2 Å². The summed E-state index contributed by atoms with van der Waals surface area (Å²) in [5.41, 5.74) is 7.95. The molecule has 0 aromatic heterocycles. The van der Waals surface area contributed by atoms with Gasteiger partial charge >= 0.3 is 0 Å². The fourth-order valence-electron chi connectivity index (χ4n) is 6.23. The average Bonchev–Trinajstić information content (AvgIpc) is 3.61. The number of ketones is 2. The molecule has 1 fully saturated rings. The van der Waals surface area contributed by atoms with Crippen molar-refractivity contribution in [2.24, 2.45) is 17.6 Å². The van der Waals surface area contributed by atoms with Gasteiger partial charge < -0.3 is 21.3 Å². The van der Waals surface area contributed by atoms with Crippen LogP contribution in [0.4, 0.5) is 0 Å². The Bertz CT molecular complexity index is 1600. The molecule has 0 bridgehead atoms. The van der Waals surface area contributed by atoms with E-state index in [0.717, 1.165) is 11.1 Å². The molecule has 10 heteroatoms. The van der Waals surface area contributed by atoms with Crippen LogP contribution in [0.3, 0.4) is 0 Å². The molecule has 0 saturated carbocycles. The van der Waals surface area contributed by atoms with Gasteiger partial charge in [0.25, 0.3) is 5.91 Å². The summed E-state index contributed by atoms with van der Waals surface area (Å²) in [6.07, 6.45) is 1.93. The van der Waals surface area contributed by atoms with E-state index in [0.29, 0.717) is 31.4 Å². The smallest absolute Gasteiger partial charge is 0.290 e. The molecule has 1 saturated heterocycles. The lowest BCUT2D eigenvalue weighted by Gasteiger charge is -2.31. The molecule has 1 aliphatic heterocycles. The molecule has 3 aromatic rings. The zero-order valence-corrected chi connectivity index (χ0v) is 28.2. The first-order chi connectivity index (χ1) is 23.6. The second-order valence-electron chi connectivity index (χ2n) is 12.8. The van der Waals surface area contributed by atoms with E-state index in [9.17, 15) is 28.8 Å². The number of nitrogens with two attached hydrogens (primary N) is 1. The summed E-state index contributed by atoms with van der Waals surface area (Å²) in [5.74, 6) is -4.83. The van der Waals surface area contributed by atoms with E-state index in [1.807, 2.05) is 73.7 Å². The van der Waals surface area contributed by atoms with E-state index in [1.54, 1.807) is 31.2 Å². The van der Waals surface area contributed by atoms with E-state index in [2.05, 4.69) is 10.6 Å². The molecule has 10 nitrogen and oxygen atoms in total. The topological polar surface area (TPSA) is 156 Å². The Morgan fingerprint density at radius 2 is 1.35 bits per heavy atom. The van der Waals surface area contributed by atoms with Crippen LogP contribution < -0.4 is 16.4 Å². The quantitative estimate of drug-likeness (QED) is 0.188. The predicted octanol–water partition coefficient (Wildman–Crippen LogP) is 3.35. The van der Waals surface area contributed by atoms with Crippen LogP contribution in [-0.4, -0.2) is 64.8 Å². The minimum absolute atomic E-state index is 0.0205. The lowest BCUT2D eigenvalue weighted by Crippen LogP contribution is -2.58. The number of hydrogen-bond acceptors (Lipinski definition) is 6. The predicted molar refractivity (Wildman–Crippen MR) is 186 cm³/mol. The highest BCUT2D eigenvalue weighted by atomic mass is 16.2. The zero-order chi connectivity index (χ0) is 35.3. The summed E-state index contributed by atoms with van der Waals surface area (Å²) >= 11 is 0. The standard InChI is InChI=1S/C39H46N4O6/c1-3-26(2)34(39(49)43-21-13-20-33(43)36(40)46)42-38(48)35(45)32(24-29-18-11-6-12-19-29)41-37(47)30(22-27-14-7-4-8-15-27)25-31(44)23-28-16-9-5-10-17-28/h4-12,14-19,26,30,32-34H,3,13,20-25H2,1-2H3,(H2,40,46)(H,41,47)(H,42,48)/t26-,30+,32?,33-,34-/m0/s1. The van der Waals surface area contributed by atoms with Gasteiger partial charge in [0.15, 0.2) is 0 Å². The molecule has 0 radical (unpaired) electrons. The molecule has 1 unspecified atom stereocenters. The fraction of sp³-hybridized carbons (Fsp3) is 0.385. The van der Waals surface area contributed by atoms with Gasteiger partial charge in [-0.2, -0.15) is 0 Å². The van der Waals surface area contributed by atoms with Gasteiger partial charge in [-0.1, -0.05) is 111 Å². The average molecular weight is 667 g/mol. The van der Waals surface area contributed by atoms with Crippen LogP contribution in [0.5, 0.6) is 0 Å². The number of nitrogens with one attached hydrogen (secondary N) is 2. The number of benzene rings is 3. The number of likely N-dealkylation sites (tertiary alicyclic amines) is 1. The highest BCUT2D eigenvalue weighted by Gasteiger charge is 2.40. The van der Waals surface area contributed by atoms with Gasteiger partial charge in [0.05, 0.1) is 0 Å². The maximum atomic E-state index is 14.0. The van der Waals surface area contributed by atoms with Crippen LogP contribution in [-0.2, 0) is 48.0 Å². The Morgan fingerprint density at radius 3 is 1.90 bits per heavy atom. The van der Waals surface area contributed by atoms with E-state index >= 15 is 0 Å². The lowest BCUT2D eigenvalue weighted by molar-refractivity contribution is -0.145. The van der Waals surface area contributed by atoms with Gasteiger partial charge in [-0.15, -0.1) is 0 Å². The molecule has 4 rings (SSSR count). The van der Waals surface area contributed by atoms with Crippen molar-refractivity contribution in [3.63, 3.8) is 0 Å². The molecular weight excluding hydrogens is 620 g/mol. The van der Waals surface area contributed by atoms with Gasteiger partial charge in [0.2, 0.25) is 23.5 Å². The van der Waals surface area contributed by atoms with Crippen LogP contribution in [0.2, 0.25) is 0 Å². The van der Waals surface area contributed by atoms with Crippen molar-refractivity contribution in [2.45, 2.75) is 76.9 Å². The van der Waals surface area contributed by atoms with Crippen molar-refractivity contribution in [3.05, 3.63) is 108 Å². The first-order valence-electron chi connectivity index (χ1n) is 17.0. The van der Waals surface area contributed by atoms with Crippen LogP contribution in [0.25, 0.3) is 0 Å². The molecule has 4 N–H and O–H groups in total. The molecule has 3 aromatic carbocycles. The highest BCUT2D eigenvalue weighted by molar-refractivity contribution is 6.39. The van der Waals surface area contributed by atoms with Gasteiger partial charge in [-0.25, -0.2) is 0 Å². The van der Waals surface area contributed by atoms with Gasteiger partial charge in [-0.05, 0) is 41.9 Å². The third kappa shape index (κ3) is 10.4. The van der Waals surface area contributed by atoms with Crippen LogP contribution in [0.15, 0.2) is 91.0 Å². The normalized spacial score (nSPS) is 16.5. The molecule has 5 atom stereocenters. The molecule has 1 aliphatic rings. The van der Waals surface area contributed by atoms with Crippen molar-refractivity contribution in [3.8, 4) is 0 Å². The summed E-state index contributed by atoms with van der Waals surface area (Å²) in [5, 5.41) is 5.43. The monoisotopic (exact) mass is 666 g/mol. The number of nitrogens with zero attached hydrogens (tertiary/aromatic N) is 1. The second kappa shape index (κ2) is 17.9. The summed E-state index contributed by atoms with van der Waals surface area (Å²) in [4.78, 5) is 81.8. The Labute approximate surface area is 287 Å². The fourth-order valence-corrected chi connectivity index (χ4v) is 6.23. The van der Waals surface area contributed by atoms with Crippen LogP contribution >= 0.6 is 0 Å². The SMILES string of the molecule is CC[C@H](C)[C@H](NC(=O)C(=O)C(Cc1ccccc1)NC(=O)[C@@H](CC(=O)Cc1ccccc1)Cc1ccccc1)C(=O)N1CCC[C@H]1C(N)=O. The number of Topliss-reactive ketones (excluding diaryl/α,β-unsaturated/α-hetero) is 2. The third-order valence-corrected chi connectivity index (χ3v) is 9.18. The van der Waals surface area contributed by atoms with Gasteiger partial charge in [0, 0.05) is 31.7 Å². The summed E-state index contributed by atoms with van der Waals surface area (Å²) < 4.78 is 0. The first-order valence-corrected chi connectivity index (χ1v) is 17.0. The summed E-state index contributed by atoms with van der Waals surface area (Å²) in [6.45, 7) is 3.97. The van der Waals surface area contributed by atoms with Crippen molar-refractivity contribution in [1.82, 2.24) is 15.5 Å². The number of carbonyl (C=O) groups excluding carboxylic acids is 6. The van der Waals surface area contributed by atoms with E-state index in [-0.39, 0.29) is 37.4 Å². The number of rotatable bonds is 17. The van der Waals surface area contributed by atoms with E-state index in [1.165, 1.54) is 4.90 Å². The minimum Gasteiger partial charge on any atom is -0.368 e. The van der Waals surface area contributed by atoms with Crippen LogP contribution in [0, 0.1) is 11.8 Å². The first kappa shape index (κ1) is 36.7. The molecule has 1 heterocycles. The largest absolute Gasteiger partial charge is 0.368 e. The Morgan fingerprint density at radius 1 is 0.796 bits per heavy atom. The van der Waals surface area contributed by atoms with Gasteiger partial charge in [0.1, 0.15) is 23.9 Å². The molecule has 4 amide bonds. The van der Waals surface area contributed by atoms with Crippen molar-refractivity contribution in [2.75, 3.05) is 6.54 Å². The number of hydrogen-bond donors (Lipinski definition) is 3. The molecule has 0 aliphatic carbocycles. The maximum Gasteiger partial charge on any atom is 0.290 e. The molecule has 0 spiro atoms. The summed E-state index contributed by atoms with van der Waals surface area (Å²) in [6, 6.07) is 24.5.